The van der Waals surface area contributed by atoms with Gasteiger partial charge in [-0.25, -0.2) is 9.78 Å². The highest BCUT2D eigenvalue weighted by atomic mass is 35.5. The highest BCUT2D eigenvalue weighted by Crippen LogP contribution is 2.26. The second kappa shape index (κ2) is 9.81. The van der Waals surface area contributed by atoms with Crippen molar-refractivity contribution in [3.63, 3.8) is 0 Å². The summed E-state index contributed by atoms with van der Waals surface area (Å²) in [5, 5.41) is 4.60. The van der Waals surface area contributed by atoms with Gasteiger partial charge in [0.15, 0.2) is 6.61 Å². The van der Waals surface area contributed by atoms with Gasteiger partial charge in [-0.3, -0.25) is 4.79 Å². The van der Waals surface area contributed by atoms with Crippen LogP contribution in [0.1, 0.15) is 15.9 Å². The molecular formula is C25H18Cl2N2O3. The summed E-state index contributed by atoms with van der Waals surface area (Å²) in [6.07, 6.45) is 0. The van der Waals surface area contributed by atoms with Gasteiger partial charge in [0.1, 0.15) is 0 Å². The third-order valence-electron chi connectivity index (χ3n) is 4.81. The molecule has 5 nitrogen and oxygen atoms in total. The Kier molecular flexibility index (Phi) is 6.69. The van der Waals surface area contributed by atoms with Crippen molar-refractivity contribution >= 4 is 46.0 Å². The molecule has 4 rings (SSSR count). The fraction of sp³-hybridized carbons (Fsp3) is 0.0800. The fourth-order valence-corrected chi connectivity index (χ4v) is 3.43. The van der Waals surface area contributed by atoms with Gasteiger partial charge in [-0.2, -0.15) is 0 Å². The van der Waals surface area contributed by atoms with Crippen molar-refractivity contribution < 1.29 is 14.3 Å². The number of nitrogens with one attached hydrogen (secondary N) is 1. The van der Waals surface area contributed by atoms with Gasteiger partial charge in [-0.1, -0.05) is 65.7 Å². The summed E-state index contributed by atoms with van der Waals surface area (Å²) in [6.45, 7) is -0.0776. The number of hydrogen-bond donors (Lipinski definition) is 1. The molecule has 0 bridgehead atoms. The molecule has 0 saturated carbocycles. The SMILES string of the molecule is O=C(COC(=O)c1cc(-c2ccc(Cl)cc2)nc2ccccc12)NCc1ccc(Cl)cc1. The van der Waals surface area contributed by atoms with Crippen LogP contribution in [0.4, 0.5) is 0 Å². The number of carbonyl (C=O) groups is 2. The number of esters is 1. The molecule has 32 heavy (non-hydrogen) atoms. The molecule has 1 heterocycles. The number of carbonyl (C=O) groups excluding carboxylic acids is 2. The zero-order valence-electron chi connectivity index (χ0n) is 16.8. The number of benzene rings is 3. The zero-order chi connectivity index (χ0) is 22.5. The van der Waals surface area contributed by atoms with Crippen LogP contribution in [0.5, 0.6) is 0 Å². The summed E-state index contributed by atoms with van der Waals surface area (Å²) < 4.78 is 5.29. The lowest BCUT2D eigenvalue weighted by molar-refractivity contribution is -0.124. The summed E-state index contributed by atoms with van der Waals surface area (Å²) in [4.78, 5) is 29.7. The Morgan fingerprint density at radius 2 is 1.53 bits per heavy atom. The minimum Gasteiger partial charge on any atom is -0.452 e. The molecule has 0 aliphatic carbocycles. The number of pyridine rings is 1. The Bertz CT molecular complexity index is 1270. The first-order valence-corrected chi connectivity index (χ1v) is 10.6. The molecule has 1 N–H and O–H groups in total. The molecule has 0 fully saturated rings. The minimum absolute atomic E-state index is 0.312. The third kappa shape index (κ3) is 5.25. The van der Waals surface area contributed by atoms with Crippen molar-refractivity contribution in [1.82, 2.24) is 10.3 Å². The number of halogens is 2. The van der Waals surface area contributed by atoms with Crippen molar-refractivity contribution in [3.8, 4) is 11.3 Å². The van der Waals surface area contributed by atoms with Gasteiger partial charge in [-0.05, 0) is 42.0 Å². The molecule has 7 heteroatoms. The first-order valence-electron chi connectivity index (χ1n) is 9.83. The number of ether oxygens (including phenoxy) is 1. The van der Waals surface area contributed by atoms with E-state index in [2.05, 4.69) is 10.3 Å². The van der Waals surface area contributed by atoms with Crippen LogP contribution in [-0.2, 0) is 16.1 Å². The standard InChI is InChI=1S/C25H18Cl2N2O3/c26-18-9-5-16(6-10-18)14-28-24(30)15-32-25(31)21-13-23(17-7-11-19(27)12-8-17)29-22-4-2-1-3-20(21)22/h1-13H,14-15H2,(H,28,30). The topological polar surface area (TPSA) is 68.3 Å². The number of aromatic nitrogens is 1. The van der Waals surface area contributed by atoms with E-state index in [4.69, 9.17) is 27.9 Å². The van der Waals surface area contributed by atoms with Crippen LogP contribution in [0.15, 0.2) is 78.9 Å². The van der Waals surface area contributed by atoms with Crippen molar-refractivity contribution in [2.45, 2.75) is 6.54 Å². The van der Waals surface area contributed by atoms with Crippen LogP contribution in [0.25, 0.3) is 22.2 Å². The van der Waals surface area contributed by atoms with Crippen LogP contribution < -0.4 is 5.32 Å². The molecule has 0 unspecified atom stereocenters. The average molecular weight is 465 g/mol. The molecule has 4 aromatic rings. The fourth-order valence-electron chi connectivity index (χ4n) is 3.18. The predicted octanol–water partition coefficient (Wildman–Crippen LogP) is 5.68. The van der Waals surface area contributed by atoms with Crippen molar-refractivity contribution in [2.75, 3.05) is 6.61 Å². The lowest BCUT2D eigenvalue weighted by atomic mass is 10.0. The highest BCUT2D eigenvalue weighted by Gasteiger charge is 2.16. The number of fused-ring (bicyclic) bond motifs is 1. The Hall–Kier alpha value is -3.41. The number of hydrogen-bond acceptors (Lipinski definition) is 4. The van der Waals surface area contributed by atoms with E-state index in [9.17, 15) is 9.59 Å². The van der Waals surface area contributed by atoms with Crippen LogP contribution in [0.2, 0.25) is 10.0 Å². The van der Waals surface area contributed by atoms with Crippen molar-refractivity contribution in [1.29, 1.82) is 0 Å². The van der Waals surface area contributed by atoms with Crippen LogP contribution in [0, 0.1) is 0 Å². The number of para-hydroxylation sites is 1. The molecule has 0 aliphatic heterocycles. The van der Waals surface area contributed by atoms with Crippen molar-refractivity contribution in [3.05, 3.63) is 100 Å². The predicted molar refractivity (Wildman–Crippen MR) is 126 cm³/mol. The molecule has 1 aromatic heterocycles. The van der Waals surface area contributed by atoms with Crippen LogP contribution >= 0.6 is 23.2 Å². The zero-order valence-corrected chi connectivity index (χ0v) is 18.4. The van der Waals surface area contributed by atoms with Gasteiger partial charge in [0.25, 0.3) is 5.91 Å². The number of rotatable bonds is 6. The maximum atomic E-state index is 12.8. The lowest BCUT2D eigenvalue weighted by Crippen LogP contribution is -2.28. The molecule has 0 atom stereocenters. The minimum atomic E-state index is -0.597. The van der Waals surface area contributed by atoms with E-state index in [-0.39, 0.29) is 6.61 Å². The Balaban J connectivity index is 1.49. The Labute approximate surface area is 194 Å². The third-order valence-corrected chi connectivity index (χ3v) is 5.32. The second-order valence-electron chi connectivity index (χ2n) is 7.06. The largest absolute Gasteiger partial charge is 0.452 e. The molecule has 0 aliphatic rings. The van der Waals surface area contributed by atoms with Crippen LogP contribution in [-0.4, -0.2) is 23.5 Å². The van der Waals surface area contributed by atoms with Gasteiger partial charge in [0.05, 0.1) is 16.8 Å². The van der Waals surface area contributed by atoms with Gasteiger partial charge in [0.2, 0.25) is 0 Å². The van der Waals surface area contributed by atoms with Gasteiger partial charge < -0.3 is 10.1 Å². The van der Waals surface area contributed by atoms with E-state index in [0.29, 0.717) is 38.8 Å². The monoisotopic (exact) mass is 464 g/mol. The summed E-state index contributed by atoms with van der Waals surface area (Å²) >= 11 is 11.8. The molecule has 0 spiro atoms. The molecule has 1 amide bonds. The van der Waals surface area contributed by atoms with E-state index in [0.717, 1.165) is 11.1 Å². The molecule has 0 radical (unpaired) electrons. The maximum Gasteiger partial charge on any atom is 0.339 e. The van der Waals surface area contributed by atoms with Gasteiger partial charge in [0, 0.05) is 27.5 Å². The maximum absolute atomic E-state index is 12.8. The molecular weight excluding hydrogens is 447 g/mol. The average Bonchev–Trinajstić information content (AvgIpc) is 2.82. The van der Waals surface area contributed by atoms with Crippen LogP contribution in [0.3, 0.4) is 0 Å². The molecule has 3 aromatic carbocycles. The summed E-state index contributed by atoms with van der Waals surface area (Å²) in [7, 11) is 0. The molecule has 0 saturated heterocycles. The smallest absolute Gasteiger partial charge is 0.339 e. The Morgan fingerprint density at radius 1 is 0.875 bits per heavy atom. The Morgan fingerprint density at radius 3 is 2.25 bits per heavy atom. The molecule has 160 valence electrons. The van der Waals surface area contributed by atoms with E-state index in [1.54, 1.807) is 36.4 Å². The van der Waals surface area contributed by atoms with Crippen molar-refractivity contribution in [2.24, 2.45) is 0 Å². The summed E-state index contributed by atoms with van der Waals surface area (Å²) in [6, 6.07) is 23.3. The second-order valence-corrected chi connectivity index (χ2v) is 7.93. The van der Waals surface area contributed by atoms with E-state index >= 15 is 0 Å². The van der Waals surface area contributed by atoms with Gasteiger partial charge >= 0.3 is 5.97 Å². The summed E-state index contributed by atoms with van der Waals surface area (Å²) in [5.74, 6) is -0.995. The number of nitrogens with zero attached hydrogens (tertiary/aromatic N) is 1. The summed E-state index contributed by atoms with van der Waals surface area (Å²) in [5.41, 5.74) is 3.31. The van der Waals surface area contributed by atoms with E-state index in [1.807, 2.05) is 42.5 Å². The van der Waals surface area contributed by atoms with Gasteiger partial charge in [-0.15, -0.1) is 0 Å². The highest BCUT2D eigenvalue weighted by molar-refractivity contribution is 6.30. The quantitative estimate of drug-likeness (QED) is 0.372. The normalized spacial score (nSPS) is 10.7. The lowest BCUT2D eigenvalue weighted by Gasteiger charge is -2.11. The van der Waals surface area contributed by atoms with E-state index < -0.39 is 11.9 Å². The van der Waals surface area contributed by atoms with E-state index in [1.165, 1.54) is 0 Å². The first kappa shape index (κ1) is 21.8. The number of amides is 1. The first-order chi connectivity index (χ1) is 15.5.